The highest BCUT2D eigenvalue weighted by atomic mass is 35.5. The van der Waals surface area contributed by atoms with Crippen molar-refractivity contribution in [3.05, 3.63) is 73.3 Å². The van der Waals surface area contributed by atoms with E-state index in [1.165, 1.54) is 0 Å². The van der Waals surface area contributed by atoms with Gasteiger partial charge in [-0.15, -0.1) is 0 Å². The smallest absolute Gasteiger partial charge is 0.232 e. The van der Waals surface area contributed by atoms with Crippen molar-refractivity contribution in [2.45, 2.75) is 31.6 Å². The predicted octanol–water partition coefficient (Wildman–Crippen LogP) is 6.83. The van der Waals surface area contributed by atoms with Gasteiger partial charge in [0, 0.05) is 30.0 Å². The maximum Gasteiger partial charge on any atom is 0.232 e. The molecule has 4 rings (SSSR count). The molecule has 1 amide bonds. The number of ketones is 1. The summed E-state index contributed by atoms with van der Waals surface area (Å²) >= 11 is 24.4. The zero-order valence-electron chi connectivity index (χ0n) is 14.6. The van der Waals surface area contributed by atoms with Gasteiger partial charge in [0.1, 0.15) is 0 Å². The molecule has 7 heteroatoms. The largest absolute Gasteiger partial charge is 0.294 e. The van der Waals surface area contributed by atoms with Gasteiger partial charge in [0.2, 0.25) is 5.91 Å². The molecule has 144 valence electrons. The van der Waals surface area contributed by atoms with Crippen molar-refractivity contribution in [2.24, 2.45) is 0 Å². The quantitative estimate of drug-likeness (QED) is 0.498. The molecule has 0 saturated heterocycles. The van der Waals surface area contributed by atoms with E-state index in [0.717, 1.165) is 11.3 Å². The predicted molar refractivity (Wildman–Crippen MR) is 114 cm³/mol. The minimum Gasteiger partial charge on any atom is -0.294 e. The molecule has 0 spiro atoms. The molecule has 0 fully saturated rings. The van der Waals surface area contributed by atoms with E-state index in [1.54, 1.807) is 35.2 Å². The van der Waals surface area contributed by atoms with Gasteiger partial charge in [-0.05, 0) is 48.7 Å². The molecule has 2 aromatic carbocycles. The Morgan fingerprint density at radius 2 is 1.50 bits per heavy atom. The van der Waals surface area contributed by atoms with Crippen LogP contribution >= 0.6 is 46.4 Å². The van der Waals surface area contributed by atoms with Crippen LogP contribution in [-0.2, 0) is 9.59 Å². The number of halogens is 4. The topological polar surface area (TPSA) is 37.4 Å². The number of rotatable bonds is 2. The lowest BCUT2D eigenvalue weighted by Gasteiger charge is -2.38. The minimum absolute atomic E-state index is 0.0647. The fourth-order valence-electron chi connectivity index (χ4n) is 3.93. The van der Waals surface area contributed by atoms with Gasteiger partial charge >= 0.3 is 0 Å². The third kappa shape index (κ3) is 3.46. The van der Waals surface area contributed by atoms with Crippen LogP contribution in [0.5, 0.6) is 0 Å². The fourth-order valence-corrected chi connectivity index (χ4v) is 4.53. The van der Waals surface area contributed by atoms with E-state index >= 15 is 0 Å². The number of carbonyl (C=O) groups is 2. The summed E-state index contributed by atoms with van der Waals surface area (Å²) in [5.41, 5.74) is 2.85. The molecular formula is C21H15Cl4NO2. The Balaban J connectivity index is 1.86. The minimum atomic E-state index is -0.330. The van der Waals surface area contributed by atoms with E-state index in [0.29, 0.717) is 50.6 Å². The zero-order chi connectivity index (χ0) is 20.0. The van der Waals surface area contributed by atoms with Crippen molar-refractivity contribution in [3.63, 3.8) is 0 Å². The van der Waals surface area contributed by atoms with Crippen LogP contribution < -0.4 is 4.90 Å². The summed E-state index contributed by atoms with van der Waals surface area (Å²) in [4.78, 5) is 27.6. The lowest BCUT2D eigenvalue weighted by Crippen LogP contribution is -2.40. The second-order valence-electron chi connectivity index (χ2n) is 6.89. The van der Waals surface area contributed by atoms with Crippen LogP contribution in [0.1, 0.15) is 37.2 Å². The van der Waals surface area contributed by atoms with Gasteiger partial charge in [-0.1, -0.05) is 52.5 Å². The van der Waals surface area contributed by atoms with E-state index in [-0.39, 0.29) is 24.0 Å². The lowest BCUT2D eigenvalue weighted by molar-refractivity contribution is -0.119. The van der Waals surface area contributed by atoms with Crippen molar-refractivity contribution in [1.82, 2.24) is 0 Å². The average molecular weight is 455 g/mol. The van der Waals surface area contributed by atoms with E-state index < -0.39 is 0 Å². The first-order valence-electron chi connectivity index (χ1n) is 8.86. The molecule has 2 aliphatic rings. The average Bonchev–Trinajstić information content (AvgIpc) is 2.66. The van der Waals surface area contributed by atoms with Crippen LogP contribution in [0.2, 0.25) is 20.1 Å². The summed E-state index contributed by atoms with van der Waals surface area (Å²) in [6.07, 6.45) is 1.99. The molecule has 2 aromatic rings. The van der Waals surface area contributed by atoms with Crippen LogP contribution in [0.3, 0.4) is 0 Å². The molecule has 1 heterocycles. The molecule has 1 aliphatic carbocycles. The number of anilines is 1. The Hall–Kier alpha value is -1.52. The number of carbonyl (C=O) groups excluding carboxylic acids is 2. The second-order valence-corrected chi connectivity index (χ2v) is 8.52. The molecule has 3 nitrogen and oxygen atoms in total. The fraction of sp³-hybridized carbons (Fsp3) is 0.238. The monoisotopic (exact) mass is 453 g/mol. The Labute approximate surface area is 182 Å². The second kappa shape index (κ2) is 7.72. The lowest BCUT2D eigenvalue weighted by atomic mass is 9.77. The highest BCUT2D eigenvalue weighted by Crippen LogP contribution is 2.44. The van der Waals surface area contributed by atoms with Gasteiger partial charge in [-0.2, -0.15) is 0 Å². The van der Waals surface area contributed by atoms with Crippen molar-refractivity contribution in [1.29, 1.82) is 0 Å². The van der Waals surface area contributed by atoms with E-state index in [2.05, 4.69) is 0 Å². The molecule has 0 saturated carbocycles. The first-order chi connectivity index (χ1) is 13.4. The first kappa shape index (κ1) is 19.8. The Morgan fingerprint density at radius 1 is 0.821 bits per heavy atom. The highest BCUT2D eigenvalue weighted by Gasteiger charge is 2.39. The maximum absolute atomic E-state index is 13.1. The van der Waals surface area contributed by atoms with Crippen molar-refractivity contribution >= 4 is 63.8 Å². The molecule has 0 radical (unpaired) electrons. The standard InChI is InChI=1S/C21H15Cl4NO2/c22-14-6-4-11(8-16(14)24)13-10-20(28)26(12-5-7-15(23)17(25)9-12)18-2-1-3-19(27)21(13)18/h4-9,13H,1-3,10H2. The van der Waals surface area contributed by atoms with E-state index in [1.807, 2.05) is 6.07 Å². The van der Waals surface area contributed by atoms with Gasteiger partial charge in [0.05, 0.1) is 25.8 Å². The van der Waals surface area contributed by atoms with Crippen LogP contribution in [0.15, 0.2) is 47.7 Å². The van der Waals surface area contributed by atoms with Gasteiger partial charge in [0.25, 0.3) is 0 Å². The molecule has 1 unspecified atom stereocenters. The van der Waals surface area contributed by atoms with Crippen molar-refractivity contribution in [3.8, 4) is 0 Å². The van der Waals surface area contributed by atoms with Crippen LogP contribution in [0, 0.1) is 0 Å². The molecule has 1 atom stereocenters. The normalized spacial score (nSPS) is 19.9. The number of Topliss-reactive ketones (excluding diaryl/α,β-unsaturated/α-hetero) is 1. The number of allylic oxidation sites excluding steroid dienone is 2. The molecule has 28 heavy (non-hydrogen) atoms. The maximum atomic E-state index is 13.1. The van der Waals surface area contributed by atoms with Crippen LogP contribution in [0.25, 0.3) is 0 Å². The molecular weight excluding hydrogens is 440 g/mol. The van der Waals surface area contributed by atoms with E-state index in [9.17, 15) is 9.59 Å². The summed E-state index contributed by atoms with van der Waals surface area (Å²) in [6.45, 7) is 0. The van der Waals surface area contributed by atoms with Gasteiger partial charge in [-0.3, -0.25) is 14.5 Å². The summed E-state index contributed by atoms with van der Waals surface area (Å²) in [5.74, 6) is -0.359. The molecule has 0 bridgehead atoms. The first-order valence-corrected chi connectivity index (χ1v) is 10.4. The zero-order valence-corrected chi connectivity index (χ0v) is 17.7. The SMILES string of the molecule is O=C1CCCC2=C1C(c1ccc(Cl)c(Cl)c1)CC(=O)N2c1ccc(Cl)c(Cl)c1. The van der Waals surface area contributed by atoms with Gasteiger partial charge in [-0.25, -0.2) is 0 Å². The van der Waals surface area contributed by atoms with Crippen LogP contribution in [-0.4, -0.2) is 11.7 Å². The number of nitrogens with zero attached hydrogens (tertiary/aromatic N) is 1. The molecule has 0 aromatic heterocycles. The number of benzene rings is 2. The third-order valence-electron chi connectivity index (χ3n) is 5.18. The van der Waals surface area contributed by atoms with Crippen LogP contribution in [0.4, 0.5) is 5.69 Å². The van der Waals surface area contributed by atoms with E-state index in [4.69, 9.17) is 46.4 Å². The van der Waals surface area contributed by atoms with Gasteiger partial charge < -0.3 is 0 Å². The summed E-state index contributed by atoms with van der Waals surface area (Å²) < 4.78 is 0. The Kier molecular flexibility index (Phi) is 5.45. The number of hydrogen-bond donors (Lipinski definition) is 0. The van der Waals surface area contributed by atoms with Crippen molar-refractivity contribution < 1.29 is 9.59 Å². The summed E-state index contributed by atoms with van der Waals surface area (Å²) in [7, 11) is 0. The number of amides is 1. The Bertz CT molecular complexity index is 1030. The van der Waals surface area contributed by atoms with Crippen molar-refractivity contribution in [2.75, 3.05) is 4.90 Å². The number of hydrogen-bond acceptors (Lipinski definition) is 2. The molecule has 0 N–H and O–H groups in total. The summed E-state index contributed by atoms with van der Waals surface area (Å²) in [5, 5.41) is 1.62. The van der Waals surface area contributed by atoms with Gasteiger partial charge in [0.15, 0.2) is 5.78 Å². The summed E-state index contributed by atoms with van der Waals surface area (Å²) in [6, 6.07) is 10.3. The third-order valence-corrected chi connectivity index (χ3v) is 6.66. The highest BCUT2D eigenvalue weighted by molar-refractivity contribution is 6.42. The molecule has 1 aliphatic heterocycles. The Morgan fingerprint density at radius 3 is 2.18 bits per heavy atom.